The van der Waals surface area contributed by atoms with Gasteiger partial charge >= 0.3 is 5.97 Å². The van der Waals surface area contributed by atoms with E-state index < -0.39 is 11.5 Å². The molecule has 0 aromatic heterocycles. The molecule has 1 aliphatic rings. The van der Waals surface area contributed by atoms with Crippen molar-refractivity contribution in [2.24, 2.45) is 10.9 Å². The molecule has 1 unspecified atom stereocenters. The first-order valence-electron chi connectivity index (χ1n) is 6.79. The lowest BCUT2D eigenvalue weighted by molar-refractivity contribution is -0.149. The first-order chi connectivity index (χ1) is 9.93. The number of hydrazone groups is 1. The first kappa shape index (κ1) is 15.0. The van der Waals surface area contributed by atoms with Crippen LogP contribution < -0.4 is 10.7 Å². The molecule has 1 saturated heterocycles. The summed E-state index contributed by atoms with van der Waals surface area (Å²) in [4.78, 5) is 26.2. The molecule has 6 heteroatoms. The molecule has 0 bridgehead atoms. The molecule has 21 heavy (non-hydrogen) atoms. The van der Waals surface area contributed by atoms with Crippen LogP contribution in [-0.2, 0) is 14.3 Å². The molecule has 1 aromatic carbocycles. The quantitative estimate of drug-likeness (QED) is 0.517. The maximum Gasteiger partial charge on any atom is 0.332 e. The Balaban J connectivity index is 2.49. The lowest BCUT2D eigenvalue weighted by atomic mass is 9.98. The van der Waals surface area contributed by atoms with Gasteiger partial charge in [-0.1, -0.05) is 17.7 Å². The van der Waals surface area contributed by atoms with E-state index in [4.69, 9.17) is 10.6 Å². The number of hydrogen-bond acceptors (Lipinski definition) is 5. The SMILES string of the molecule is CCOC(=O)C1(C)CC(=NN)C(=O)N1c1ccc(C)cc1. The van der Waals surface area contributed by atoms with Crippen LogP contribution in [0.1, 0.15) is 25.8 Å². The molecule has 0 radical (unpaired) electrons. The van der Waals surface area contributed by atoms with Gasteiger partial charge in [-0.3, -0.25) is 9.69 Å². The summed E-state index contributed by atoms with van der Waals surface area (Å²) < 4.78 is 5.12. The maximum absolute atomic E-state index is 12.5. The van der Waals surface area contributed by atoms with Crippen molar-refractivity contribution in [3.05, 3.63) is 29.8 Å². The van der Waals surface area contributed by atoms with E-state index >= 15 is 0 Å². The van der Waals surface area contributed by atoms with Crippen LogP contribution in [0.5, 0.6) is 0 Å². The lowest BCUT2D eigenvalue weighted by Crippen LogP contribution is -2.50. The zero-order valence-corrected chi connectivity index (χ0v) is 12.4. The van der Waals surface area contributed by atoms with E-state index in [-0.39, 0.29) is 24.6 Å². The molecule has 0 spiro atoms. The number of ether oxygens (including phenoxy) is 1. The smallest absolute Gasteiger partial charge is 0.332 e. The number of carbonyl (C=O) groups is 2. The maximum atomic E-state index is 12.5. The lowest BCUT2D eigenvalue weighted by Gasteiger charge is -2.32. The van der Waals surface area contributed by atoms with Gasteiger partial charge in [-0.15, -0.1) is 0 Å². The van der Waals surface area contributed by atoms with E-state index in [1.807, 2.05) is 19.1 Å². The van der Waals surface area contributed by atoms with Gasteiger partial charge in [0.25, 0.3) is 5.91 Å². The van der Waals surface area contributed by atoms with Gasteiger partial charge in [0.05, 0.1) is 6.61 Å². The highest BCUT2D eigenvalue weighted by molar-refractivity contribution is 6.48. The molecule has 112 valence electrons. The Morgan fingerprint density at radius 1 is 1.43 bits per heavy atom. The fourth-order valence-electron chi connectivity index (χ4n) is 2.48. The standard InChI is InChI=1S/C15H19N3O3/c1-4-21-14(20)15(3)9-12(17-16)13(19)18(15)11-7-5-10(2)6-8-11/h5-8H,4,9,16H2,1-3H3. The van der Waals surface area contributed by atoms with Crippen molar-refractivity contribution in [1.29, 1.82) is 0 Å². The summed E-state index contributed by atoms with van der Waals surface area (Å²) in [5.74, 6) is 4.45. The van der Waals surface area contributed by atoms with Crippen LogP contribution in [0, 0.1) is 6.92 Å². The highest BCUT2D eigenvalue weighted by Crippen LogP contribution is 2.34. The summed E-state index contributed by atoms with van der Waals surface area (Å²) in [6.07, 6.45) is 0.134. The van der Waals surface area contributed by atoms with Gasteiger partial charge in [0.2, 0.25) is 0 Å². The highest BCUT2D eigenvalue weighted by atomic mass is 16.5. The molecule has 1 amide bonds. The van der Waals surface area contributed by atoms with E-state index in [0.29, 0.717) is 5.69 Å². The number of anilines is 1. The Morgan fingerprint density at radius 3 is 2.57 bits per heavy atom. The largest absolute Gasteiger partial charge is 0.464 e. The van der Waals surface area contributed by atoms with Crippen molar-refractivity contribution in [3.8, 4) is 0 Å². The molecule has 0 aliphatic carbocycles. The van der Waals surface area contributed by atoms with Crippen molar-refractivity contribution in [1.82, 2.24) is 0 Å². The summed E-state index contributed by atoms with van der Waals surface area (Å²) in [6.45, 7) is 5.60. The number of rotatable bonds is 3. The van der Waals surface area contributed by atoms with Gasteiger partial charge in [-0.25, -0.2) is 4.79 Å². The van der Waals surface area contributed by atoms with Crippen molar-refractivity contribution < 1.29 is 14.3 Å². The van der Waals surface area contributed by atoms with E-state index in [0.717, 1.165) is 5.56 Å². The monoisotopic (exact) mass is 289 g/mol. The molecule has 0 saturated carbocycles. The number of nitrogens with two attached hydrogens (primary N) is 1. The van der Waals surface area contributed by atoms with Gasteiger partial charge in [-0.05, 0) is 32.9 Å². The van der Waals surface area contributed by atoms with Crippen molar-refractivity contribution in [2.75, 3.05) is 11.5 Å². The number of hydrogen-bond donors (Lipinski definition) is 1. The number of benzene rings is 1. The molecule has 1 heterocycles. The molecule has 1 aromatic rings. The Morgan fingerprint density at radius 2 is 2.05 bits per heavy atom. The summed E-state index contributed by atoms with van der Waals surface area (Å²) in [7, 11) is 0. The van der Waals surface area contributed by atoms with Crippen molar-refractivity contribution in [3.63, 3.8) is 0 Å². The Hall–Kier alpha value is -2.37. The normalized spacial score (nSPS) is 23.7. The molecule has 1 aliphatic heterocycles. The summed E-state index contributed by atoms with van der Waals surface area (Å²) in [5, 5.41) is 3.52. The van der Waals surface area contributed by atoms with Crippen LogP contribution in [0.25, 0.3) is 0 Å². The third kappa shape index (κ3) is 2.49. The molecular formula is C15H19N3O3. The highest BCUT2D eigenvalue weighted by Gasteiger charge is 2.53. The average molecular weight is 289 g/mol. The van der Waals surface area contributed by atoms with Gasteiger partial charge < -0.3 is 10.6 Å². The minimum atomic E-state index is -1.12. The second kappa shape index (κ2) is 5.55. The zero-order chi connectivity index (χ0) is 15.6. The van der Waals surface area contributed by atoms with Gasteiger partial charge in [0.1, 0.15) is 11.3 Å². The predicted octanol–water partition coefficient (Wildman–Crippen LogP) is 1.37. The van der Waals surface area contributed by atoms with Crippen LogP contribution in [0.3, 0.4) is 0 Å². The van der Waals surface area contributed by atoms with E-state index in [2.05, 4.69) is 5.10 Å². The Kier molecular flexibility index (Phi) is 3.97. The minimum absolute atomic E-state index is 0.134. The fourth-order valence-corrected chi connectivity index (χ4v) is 2.48. The van der Waals surface area contributed by atoms with Crippen LogP contribution in [-0.4, -0.2) is 29.7 Å². The van der Waals surface area contributed by atoms with Gasteiger partial charge in [0.15, 0.2) is 0 Å². The van der Waals surface area contributed by atoms with Crippen molar-refractivity contribution >= 4 is 23.3 Å². The zero-order valence-electron chi connectivity index (χ0n) is 12.4. The van der Waals surface area contributed by atoms with E-state index in [9.17, 15) is 9.59 Å². The Bertz CT molecular complexity index is 595. The van der Waals surface area contributed by atoms with Crippen LogP contribution in [0.2, 0.25) is 0 Å². The number of carbonyl (C=O) groups excluding carboxylic acids is 2. The first-order valence-corrected chi connectivity index (χ1v) is 6.79. The molecule has 1 fully saturated rings. The molecule has 6 nitrogen and oxygen atoms in total. The summed E-state index contributed by atoms with van der Waals surface area (Å²) in [6, 6.07) is 7.35. The third-order valence-corrected chi connectivity index (χ3v) is 3.62. The van der Waals surface area contributed by atoms with Crippen molar-refractivity contribution in [2.45, 2.75) is 32.7 Å². The number of aryl methyl sites for hydroxylation is 1. The second-order valence-corrected chi connectivity index (χ2v) is 5.22. The third-order valence-electron chi connectivity index (χ3n) is 3.62. The number of esters is 1. The molecule has 2 N–H and O–H groups in total. The predicted molar refractivity (Wildman–Crippen MR) is 79.9 cm³/mol. The number of amides is 1. The molecule has 1 atom stereocenters. The minimum Gasteiger partial charge on any atom is -0.464 e. The fraction of sp³-hybridized carbons (Fsp3) is 0.400. The summed E-state index contributed by atoms with van der Waals surface area (Å²) in [5.41, 5.74) is 0.738. The summed E-state index contributed by atoms with van der Waals surface area (Å²) >= 11 is 0. The van der Waals surface area contributed by atoms with Crippen LogP contribution >= 0.6 is 0 Å². The Labute approximate surface area is 123 Å². The number of nitrogens with zero attached hydrogens (tertiary/aromatic N) is 2. The average Bonchev–Trinajstić information content (AvgIpc) is 2.73. The van der Waals surface area contributed by atoms with Gasteiger partial charge in [0, 0.05) is 12.1 Å². The van der Waals surface area contributed by atoms with E-state index in [1.54, 1.807) is 26.0 Å². The van der Waals surface area contributed by atoms with E-state index in [1.165, 1.54) is 4.90 Å². The molecular weight excluding hydrogens is 270 g/mol. The van der Waals surface area contributed by atoms with Crippen LogP contribution in [0.15, 0.2) is 29.4 Å². The topological polar surface area (TPSA) is 85.0 Å². The molecule has 2 rings (SSSR count). The van der Waals surface area contributed by atoms with Crippen LogP contribution in [0.4, 0.5) is 5.69 Å². The second-order valence-electron chi connectivity index (χ2n) is 5.22. The van der Waals surface area contributed by atoms with Gasteiger partial charge in [-0.2, -0.15) is 5.10 Å².